The van der Waals surface area contributed by atoms with E-state index >= 15 is 0 Å². The van der Waals surface area contributed by atoms with Gasteiger partial charge < -0.3 is 9.15 Å². The lowest BCUT2D eigenvalue weighted by atomic mass is 9.92. The highest BCUT2D eigenvalue weighted by Gasteiger charge is 2.36. The lowest BCUT2D eigenvalue weighted by Gasteiger charge is -2.26. The van der Waals surface area contributed by atoms with Crippen molar-refractivity contribution in [2.45, 2.75) is 20.4 Å². The lowest BCUT2D eigenvalue weighted by Crippen LogP contribution is -2.42. The molecule has 5 rings (SSSR count). The molecule has 0 unspecified atom stereocenters. The number of amides is 2. The number of aryl methyl sites for hydroxylation is 1. The molecule has 0 atom stereocenters. The molecule has 1 aliphatic heterocycles. The second-order valence-electron chi connectivity index (χ2n) is 9.24. The fourth-order valence-corrected chi connectivity index (χ4v) is 4.55. The number of benzene rings is 2. The van der Waals surface area contributed by atoms with Gasteiger partial charge in [-0.1, -0.05) is 30.9 Å². The molecule has 2 aromatic carbocycles. The van der Waals surface area contributed by atoms with Crippen molar-refractivity contribution in [3.05, 3.63) is 119 Å². The number of hydrogen-bond acceptors (Lipinski definition) is 6. The summed E-state index contributed by atoms with van der Waals surface area (Å²) >= 11 is 0. The second-order valence-corrected chi connectivity index (χ2v) is 9.24. The largest absolute Gasteiger partial charge is 0.490 e. The molecule has 2 amide bonds. The topological polar surface area (TPSA) is 101 Å². The number of rotatable bonds is 8. The summed E-state index contributed by atoms with van der Waals surface area (Å²) in [7, 11) is 0. The minimum Gasteiger partial charge on any atom is -0.490 e. The Labute approximate surface area is 231 Å². The maximum atomic E-state index is 13.7. The Morgan fingerprint density at radius 1 is 1.07 bits per heavy atom. The lowest BCUT2D eigenvalue weighted by molar-refractivity contribution is -0.141. The zero-order valence-electron chi connectivity index (χ0n) is 22.1. The van der Waals surface area contributed by atoms with Crippen LogP contribution in [0, 0.1) is 18.3 Å². The number of hydrogen-bond donors (Lipinski definition) is 0. The maximum Gasteiger partial charge on any atom is 0.272 e. The fraction of sp³-hybridized carbons (Fsp3) is 0.125. The van der Waals surface area contributed by atoms with Gasteiger partial charge in [0.05, 0.1) is 18.5 Å². The van der Waals surface area contributed by atoms with Crippen LogP contribution in [0.15, 0.2) is 107 Å². The van der Waals surface area contributed by atoms with E-state index < -0.39 is 11.8 Å². The van der Waals surface area contributed by atoms with Crippen LogP contribution < -0.4 is 4.74 Å². The normalized spacial score (nSPS) is 14.5. The predicted octanol–water partition coefficient (Wildman–Crippen LogP) is 5.80. The summed E-state index contributed by atoms with van der Waals surface area (Å²) in [6.45, 7) is 7.57. The number of carbonyl (C=O) groups is 2. The van der Waals surface area contributed by atoms with Gasteiger partial charge in [0.25, 0.3) is 11.8 Å². The summed E-state index contributed by atoms with van der Waals surface area (Å²) in [6.07, 6.45) is 6.68. The van der Waals surface area contributed by atoms with Crippen molar-refractivity contribution in [1.82, 2.24) is 14.7 Å². The molecule has 0 radical (unpaired) electrons. The molecule has 0 bridgehead atoms. The van der Waals surface area contributed by atoms with Crippen LogP contribution in [0.2, 0.25) is 0 Å². The van der Waals surface area contributed by atoms with Crippen LogP contribution in [-0.4, -0.2) is 33.1 Å². The molecule has 198 valence electrons. The van der Waals surface area contributed by atoms with E-state index in [0.717, 1.165) is 21.7 Å². The molecule has 0 saturated heterocycles. The Hall–Kier alpha value is -5.42. The predicted molar refractivity (Wildman–Crippen MR) is 150 cm³/mol. The monoisotopic (exact) mass is 530 g/mol. The number of ether oxygens (including phenoxy) is 1. The molecule has 40 heavy (non-hydrogen) atoms. The van der Waals surface area contributed by atoms with Gasteiger partial charge in [-0.05, 0) is 73.5 Å². The Morgan fingerprint density at radius 2 is 1.88 bits per heavy atom. The molecule has 8 heteroatoms. The number of furan rings is 1. The highest BCUT2D eigenvalue weighted by molar-refractivity contribution is 6.19. The van der Waals surface area contributed by atoms with Crippen molar-refractivity contribution in [2.75, 3.05) is 6.61 Å². The second kappa shape index (κ2) is 11.1. The van der Waals surface area contributed by atoms with Gasteiger partial charge in [-0.15, -0.1) is 0 Å². The summed E-state index contributed by atoms with van der Waals surface area (Å²) < 4.78 is 12.8. The fourth-order valence-electron chi connectivity index (χ4n) is 4.55. The van der Waals surface area contributed by atoms with Gasteiger partial charge in [0.1, 0.15) is 35.5 Å². The molecular formula is C32H26N4O4. The molecule has 1 aliphatic rings. The standard InChI is InChI=1S/C32H26N4O4/c1-4-14-39-25-12-13-27(21(2)16-25)30-23(19-36(34-30)24-9-6-5-7-10-24)17-28-22(3)29(18-33)32(38)35(31(28)37)20-26-11-8-15-40-26/h4-13,15-17,19H,1,14,20H2,2-3H3/b28-17+. The maximum absolute atomic E-state index is 13.7. The quantitative estimate of drug-likeness (QED) is 0.162. The average molecular weight is 531 g/mol. The van der Waals surface area contributed by atoms with E-state index in [1.54, 1.807) is 35.9 Å². The number of aromatic nitrogens is 2. The summed E-state index contributed by atoms with van der Waals surface area (Å²) in [5.74, 6) is -0.0219. The number of carbonyl (C=O) groups excluding carboxylic acids is 2. The van der Waals surface area contributed by atoms with E-state index in [1.165, 1.54) is 6.26 Å². The van der Waals surface area contributed by atoms with Crippen molar-refractivity contribution in [3.8, 4) is 28.8 Å². The van der Waals surface area contributed by atoms with E-state index in [0.29, 0.717) is 34.9 Å². The van der Waals surface area contributed by atoms with Gasteiger partial charge in [-0.25, -0.2) is 4.68 Å². The number of imide groups is 1. The van der Waals surface area contributed by atoms with Crippen molar-refractivity contribution < 1.29 is 18.7 Å². The van der Waals surface area contributed by atoms with Crippen LogP contribution in [0.1, 0.15) is 23.8 Å². The van der Waals surface area contributed by atoms with E-state index in [2.05, 4.69) is 6.58 Å². The van der Waals surface area contributed by atoms with Crippen LogP contribution >= 0.6 is 0 Å². The summed E-state index contributed by atoms with van der Waals surface area (Å²) in [5, 5.41) is 14.7. The molecule has 0 fully saturated rings. The van der Waals surface area contributed by atoms with E-state index in [4.69, 9.17) is 14.3 Å². The molecular weight excluding hydrogens is 504 g/mol. The Balaban J connectivity index is 1.65. The third-order valence-electron chi connectivity index (χ3n) is 6.60. The third-order valence-corrected chi connectivity index (χ3v) is 6.60. The first kappa shape index (κ1) is 26.2. The molecule has 0 saturated carbocycles. The molecule has 2 aromatic heterocycles. The highest BCUT2D eigenvalue weighted by atomic mass is 16.5. The van der Waals surface area contributed by atoms with Crippen LogP contribution in [0.5, 0.6) is 5.75 Å². The van der Waals surface area contributed by atoms with Crippen molar-refractivity contribution in [1.29, 1.82) is 5.26 Å². The van der Waals surface area contributed by atoms with Crippen molar-refractivity contribution in [3.63, 3.8) is 0 Å². The zero-order chi connectivity index (χ0) is 28.2. The van der Waals surface area contributed by atoms with Crippen LogP contribution in [0.3, 0.4) is 0 Å². The van der Waals surface area contributed by atoms with Gasteiger partial charge >= 0.3 is 0 Å². The average Bonchev–Trinajstić information content (AvgIpc) is 3.63. The number of nitrogens with zero attached hydrogens (tertiary/aromatic N) is 4. The van der Waals surface area contributed by atoms with Crippen molar-refractivity contribution in [2.24, 2.45) is 0 Å². The van der Waals surface area contributed by atoms with Crippen LogP contribution in [-0.2, 0) is 16.1 Å². The molecule has 8 nitrogen and oxygen atoms in total. The summed E-state index contributed by atoms with van der Waals surface area (Å²) in [5.41, 5.74) is 4.37. The summed E-state index contributed by atoms with van der Waals surface area (Å²) in [4.78, 5) is 27.8. The first-order valence-corrected chi connectivity index (χ1v) is 12.6. The van der Waals surface area contributed by atoms with Crippen LogP contribution in [0.4, 0.5) is 0 Å². The Kier molecular flexibility index (Phi) is 7.29. The SMILES string of the molecule is C=CCOc1ccc(-c2nn(-c3ccccc3)cc2/C=C2/C(=O)N(Cc3ccco3)C(=O)C(C#N)=C2C)c(C)c1. The first-order valence-electron chi connectivity index (χ1n) is 12.6. The molecule has 4 aromatic rings. The van der Waals surface area contributed by atoms with Crippen molar-refractivity contribution >= 4 is 17.9 Å². The highest BCUT2D eigenvalue weighted by Crippen LogP contribution is 2.34. The van der Waals surface area contributed by atoms with Gasteiger partial charge in [0, 0.05) is 22.9 Å². The van der Waals surface area contributed by atoms with E-state index in [1.807, 2.05) is 67.7 Å². The molecule has 0 aliphatic carbocycles. The molecule has 3 heterocycles. The van der Waals surface area contributed by atoms with Gasteiger partial charge in [0.2, 0.25) is 0 Å². The minimum atomic E-state index is -0.648. The minimum absolute atomic E-state index is 0.0815. The Morgan fingerprint density at radius 3 is 2.55 bits per heavy atom. The first-order chi connectivity index (χ1) is 19.4. The van der Waals surface area contributed by atoms with E-state index in [-0.39, 0.29) is 17.7 Å². The summed E-state index contributed by atoms with van der Waals surface area (Å²) in [6, 6.07) is 20.7. The smallest absolute Gasteiger partial charge is 0.272 e. The van der Waals surface area contributed by atoms with Crippen LogP contribution in [0.25, 0.3) is 23.0 Å². The van der Waals surface area contributed by atoms with Gasteiger partial charge in [0.15, 0.2) is 0 Å². The zero-order valence-corrected chi connectivity index (χ0v) is 22.1. The number of para-hydroxylation sites is 1. The molecule has 0 spiro atoms. The van der Waals surface area contributed by atoms with Gasteiger partial charge in [-0.3, -0.25) is 14.5 Å². The number of nitriles is 1. The third kappa shape index (κ3) is 5.00. The van der Waals surface area contributed by atoms with Gasteiger partial charge in [-0.2, -0.15) is 10.4 Å². The van der Waals surface area contributed by atoms with E-state index in [9.17, 15) is 14.9 Å². The molecule has 0 N–H and O–H groups in total. The Bertz CT molecular complexity index is 1700.